The van der Waals surface area contributed by atoms with Crippen molar-refractivity contribution in [2.45, 2.75) is 78.2 Å². The van der Waals surface area contributed by atoms with Crippen molar-refractivity contribution in [2.24, 2.45) is 0 Å². The van der Waals surface area contributed by atoms with E-state index in [1.54, 1.807) is 0 Å². The number of hydrogen-bond donors (Lipinski definition) is 1. The Morgan fingerprint density at radius 3 is 2.21 bits per heavy atom. The SMILES string of the molecule is CCN(CC)C(=O)C(C)NC1CC(C)(C)OC1(C)C. The van der Waals surface area contributed by atoms with E-state index < -0.39 is 0 Å². The Morgan fingerprint density at radius 1 is 1.32 bits per heavy atom. The number of amides is 1. The van der Waals surface area contributed by atoms with Crippen molar-refractivity contribution in [3.63, 3.8) is 0 Å². The molecule has 0 aromatic rings. The zero-order valence-corrected chi connectivity index (χ0v) is 13.5. The molecular weight excluding hydrogens is 240 g/mol. The van der Waals surface area contributed by atoms with Crippen LogP contribution in [0, 0.1) is 0 Å². The fraction of sp³-hybridized carbons (Fsp3) is 0.933. The minimum Gasteiger partial charge on any atom is -0.368 e. The maximum absolute atomic E-state index is 12.3. The fourth-order valence-electron chi connectivity index (χ4n) is 3.00. The molecule has 1 heterocycles. The van der Waals surface area contributed by atoms with Crippen LogP contribution in [-0.2, 0) is 9.53 Å². The molecule has 19 heavy (non-hydrogen) atoms. The lowest BCUT2D eigenvalue weighted by atomic mass is 9.93. The number of nitrogens with zero attached hydrogens (tertiary/aromatic N) is 1. The summed E-state index contributed by atoms with van der Waals surface area (Å²) in [5, 5.41) is 3.46. The van der Waals surface area contributed by atoms with Crippen molar-refractivity contribution >= 4 is 5.91 Å². The van der Waals surface area contributed by atoms with Crippen molar-refractivity contribution in [1.29, 1.82) is 0 Å². The largest absolute Gasteiger partial charge is 0.368 e. The summed E-state index contributed by atoms with van der Waals surface area (Å²) in [4.78, 5) is 14.2. The van der Waals surface area contributed by atoms with Crippen LogP contribution in [0.2, 0.25) is 0 Å². The highest BCUT2D eigenvalue weighted by Gasteiger charge is 2.46. The molecule has 2 atom stereocenters. The Kier molecular flexibility index (Phi) is 5.02. The van der Waals surface area contributed by atoms with E-state index in [0.717, 1.165) is 19.5 Å². The quantitative estimate of drug-likeness (QED) is 0.832. The van der Waals surface area contributed by atoms with Crippen LogP contribution in [0.1, 0.15) is 54.9 Å². The molecule has 1 N–H and O–H groups in total. The molecular formula is C15H30N2O2. The van der Waals surface area contributed by atoms with Crippen molar-refractivity contribution < 1.29 is 9.53 Å². The average molecular weight is 270 g/mol. The molecule has 1 aliphatic heterocycles. The lowest BCUT2D eigenvalue weighted by Crippen LogP contribution is -2.53. The summed E-state index contributed by atoms with van der Waals surface area (Å²) >= 11 is 0. The molecule has 0 aromatic heterocycles. The Morgan fingerprint density at radius 2 is 1.84 bits per heavy atom. The molecule has 0 spiro atoms. The van der Waals surface area contributed by atoms with Gasteiger partial charge in [0.25, 0.3) is 0 Å². The second-order valence-electron chi connectivity index (χ2n) is 6.62. The topological polar surface area (TPSA) is 41.6 Å². The Balaban J connectivity index is 2.67. The van der Waals surface area contributed by atoms with Crippen LogP contribution in [0.25, 0.3) is 0 Å². The predicted octanol–water partition coefficient (Wildman–Crippen LogP) is 2.18. The van der Waals surface area contributed by atoms with Crippen LogP contribution < -0.4 is 5.32 Å². The minimum atomic E-state index is -0.235. The number of carbonyl (C=O) groups excluding carboxylic acids is 1. The summed E-state index contributed by atoms with van der Waals surface area (Å²) in [6.07, 6.45) is 0.926. The summed E-state index contributed by atoms with van der Waals surface area (Å²) in [7, 11) is 0. The third kappa shape index (κ3) is 3.93. The standard InChI is InChI=1S/C15H30N2O2/c1-8-17(9-2)13(18)11(3)16-12-10-14(4,5)19-15(12,6)7/h11-12,16H,8-10H2,1-7H3. The van der Waals surface area contributed by atoms with E-state index in [0.29, 0.717) is 0 Å². The van der Waals surface area contributed by atoms with Gasteiger partial charge in [-0.3, -0.25) is 4.79 Å². The Labute approximate surface area is 117 Å². The van der Waals surface area contributed by atoms with Gasteiger partial charge < -0.3 is 15.0 Å². The van der Waals surface area contributed by atoms with Gasteiger partial charge in [-0.2, -0.15) is 0 Å². The first kappa shape index (κ1) is 16.4. The van der Waals surface area contributed by atoms with Crippen LogP contribution in [0.4, 0.5) is 0 Å². The van der Waals surface area contributed by atoms with Crippen LogP contribution in [0.15, 0.2) is 0 Å². The molecule has 4 nitrogen and oxygen atoms in total. The Hall–Kier alpha value is -0.610. The van der Waals surface area contributed by atoms with Gasteiger partial charge in [0.2, 0.25) is 5.91 Å². The summed E-state index contributed by atoms with van der Waals surface area (Å²) in [6.45, 7) is 15.9. The van der Waals surface area contributed by atoms with Gasteiger partial charge in [-0.05, 0) is 54.9 Å². The maximum Gasteiger partial charge on any atom is 0.239 e. The molecule has 1 saturated heterocycles. The molecule has 4 heteroatoms. The summed E-state index contributed by atoms with van der Waals surface area (Å²) in [6, 6.07) is 0.0405. The summed E-state index contributed by atoms with van der Waals surface area (Å²) < 4.78 is 6.06. The van der Waals surface area contributed by atoms with E-state index in [-0.39, 0.29) is 29.2 Å². The molecule has 1 rings (SSSR count). The first-order valence-corrected chi connectivity index (χ1v) is 7.38. The second-order valence-corrected chi connectivity index (χ2v) is 6.62. The number of carbonyl (C=O) groups is 1. The number of likely N-dealkylation sites (N-methyl/N-ethyl adjacent to an activating group) is 1. The number of hydrogen-bond acceptors (Lipinski definition) is 3. The van der Waals surface area contributed by atoms with Crippen LogP contribution in [0.5, 0.6) is 0 Å². The van der Waals surface area contributed by atoms with Crippen LogP contribution in [0.3, 0.4) is 0 Å². The zero-order valence-electron chi connectivity index (χ0n) is 13.5. The predicted molar refractivity (Wildman–Crippen MR) is 78.2 cm³/mol. The van der Waals surface area contributed by atoms with Crippen molar-refractivity contribution in [1.82, 2.24) is 10.2 Å². The fourth-order valence-corrected chi connectivity index (χ4v) is 3.00. The van der Waals surface area contributed by atoms with Gasteiger partial charge in [0.15, 0.2) is 0 Å². The molecule has 0 radical (unpaired) electrons. The monoisotopic (exact) mass is 270 g/mol. The average Bonchev–Trinajstić information content (AvgIpc) is 2.48. The third-order valence-electron chi connectivity index (χ3n) is 3.97. The second kappa shape index (κ2) is 5.80. The molecule has 1 fully saturated rings. The highest BCUT2D eigenvalue weighted by atomic mass is 16.5. The van der Waals surface area contributed by atoms with Gasteiger partial charge in [-0.15, -0.1) is 0 Å². The normalized spacial score (nSPS) is 26.2. The van der Waals surface area contributed by atoms with Crippen LogP contribution in [-0.4, -0.2) is 47.2 Å². The van der Waals surface area contributed by atoms with E-state index >= 15 is 0 Å². The number of nitrogens with one attached hydrogen (secondary N) is 1. The molecule has 0 aliphatic carbocycles. The highest BCUT2D eigenvalue weighted by Crippen LogP contribution is 2.37. The first-order chi connectivity index (χ1) is 8.63. The van der Waals surface area contributed by atoms with E-state index in [1.165, 1.54) is 0 Å². The van der Waals surface area contributed by atoms with Crippen molar-refractivity contribution in [3.8, 4) is 0 Å². The Bertz CT molecular complexity index is 322. The lowest BCUT2D eigenvalue weighted by molar-refractivity contribution is -0.133. The van der Waals surface area contributed by atoms with Gasteiger partial charge in [0.05, 0.1) is 17.2 Å². The van der Waals surface area contributed by atoms with E-state index in [4.69, 9.17) is 4.74 Å². The maximum atomic E-state index is 12.3. The first-order valence-electron chi connectivity index (χ1n) is 7.38. The smallest absolute Gasteiger partial charge is 0.239 e. The van der Waals surface area contributed by atoms with E-state index in [9.17, 15) is 4.79 Å². The van der Waals surface area contributed by atoms with Crippen molar-refractivity contribution in [2.75, 3.05) is 13.1 Å². The molecule has 1 aliphatic rings. The highest BCUT2D eigenvalue weighted by molar-refractivity contribution is 5.81. The van der Waals surface area contributed by atoms with Crippen molar-refractivity contribution in [3.05, 3.63) is 0 Å². The molecule has 0 aromatic carbocycles. The zero-order chi connectivity index (χ0) is 14.8. The molecule has 0 bridgehead atoms. The number of rotatable bonds is 5. The van der Waals surface area contributed by atoms with E-state index in [1.807, 2.05) is 25.7 Å². The summed E-state index contributed by atoms with van der Waals surface area (Å²) in [5.41, 5.74) is -0.361. The third-order valence-corrected chi connectivity index (χ3v) is 3.97. The molecule has 1 amide bonds. The van der Waals surface area contributed by atoms with Crippen LogP contribution >= 0.6 is 0 Å². The molecule has 112 valence electrons. The van der Waals surface area contributed by atoms with Gasteiger partial charge in [0, 0.05) is 19.1 Å². The van der Waals surface area contributed by atoms with Gasteiger partial charge in [-0.25, -0.2) is 0 Å². The lowest BCUT2D eigenvalue weighted by Gasteiger charge is -2.31. The van der Waals surface area contributed by atoms with Gasteiger partial charge >= 0.3 is 0 Å². The molecule has 2 unspecified atom stereocenters. The van der Waals surface area contributed by atoms with E-state index in [2.05, 4.69) is 33.0 Å². The van der Waals surface area contributed by atoms with Gasteiger partial charge in [-0.1, -0.05) is 0 Å². The number of ether oxygens (including phenoxy) is 1. The van der Waals surface area contributed by atoms with Gasteiger partial charge in [0.1, 0.15) is 0 Å². The minimum absolute atomic E-state index is 0.126. The summed E-state index contributed by atoms with van der Waals surface area (Å²) in [5.74, 6) is 0.172. The molecule has 0 saturated carbocycles.